The lowest BCUT2D eigenvalue weighted by Gasteiger charge is -2.29. The van der Waals surface area contributed by atoms with E-state index in [1.165, 1.54) is 5.56 Å². The normalized spacial score (nSPS) is 18.1. The lowest BCUT2D eigenvalue weighted by atomic mass is 10.0. The Balaban J connectivity index is 1.64. The summed E-state index contributed by atoms with van der Waals surface area (Å²) in [5, 5.41) is 4.23. The third-order valence-corrected chi connectivity index (χ3v) is 6.26. The average Bonchev–Trinajstić information content (AvgIpc) is 3.44. The molecule has 1 aliphatic heterocycles. The molecule has 6 heteroatoms. The zero-order valence-corrected chi connectivity index (χ0v) is 19.0. The van der Waals surface area contributed by atoms with Gasteiger partial charge in [0.05, 0.1) is 11.7 Å². The highest BCUT2D eigenvalue weighted by Gasteiger charge is 2.42. The highest BCUT2D eigenvalue weighted by Crippen LogP contribution is 2.42. The van der Waals surface area contributed by atoms with E-state index in [1.807, 2.05) is 37.5 Å². The number of rotatable bonds is 5. The van der Waals surface area contributed by atoms with E-state index < -0.39 is 0 Å². The number of aryl methyl sites for hydroxylation is 2. The van der Waals surface area contributed by atoms with Gasteiger partial charge in [-0.05, 0) is 79.2 Å². The van der Waals surface area contributed by atoms with Crippen molar-refractivity contribution in [1.29, 1.82) is 0 Å². The molecule has 5 nitrogen and oxygen atoms in total. The van der Waals surface area contributed by atoms with E-state index in [0.717, 1.165) is 34.9 Å². The number of thiocarbonyl (C=S) groups is 1. The zero-order chi connectivity index (χ0) is 22.1. The van der Waals surface area contributed by atoms with Gasteiger partial charge in [0.2, 0.25) is 0 Å². The molecule has 0 radical (unpaired) electrons. The first-order chi connectivity index (χ1) is 15.7. The van der Waals surface area contributed by atoms with Crippen LogP contribution in [0.25, 0.3) is 5.82 Å². The molecule has 1 aliphatic rings. The summed E-state index contributed by atoms with van der Waals surface area (Å²) in [6, 6.07) is 22.8. The van der Waals surface area contributed by atoms with E-state index in [1.54, 1.807) is 0 Å². The summed E-state index contributed by atoms with van der Waals surface area (Å²) in [5.74, 6) is 0.884. The van der Waals surface area contributed by atoms with Crippen LogP contribution in [-0.4, -0.2) is 19.6 Å². The van der Waals surface area contributed by atoms with Crippen LogP contribution in [0.15, 0.2) is 85.3 Å². The molecule has 5 rings (SSSR count). The fourth-order valence-electron chi connectivity index (χ4n) is 4.27. The highest BCUT2D eigenvalue weighted by atomic mass is 32.1. The quantitative estimate of drug-likeness (QED) is 0.427. The highest BCUT2D eigenvalue weighted by molar-refractivity contribution is 7.80. The van der Waals surface area contributed by atoms with Crippen LogP contribution in [0.1, 0.15) is 41.5 Å². The first kappa shape index (κ1) is 20.4. The van der Waals surface area contributed by atoms with Crippen molar-refractivity contribution in [3.63, 3.8) is 0 Å². The molecule has 32 heavy (non-hydrogen) atoms. The third-order valence-electron chi connectivity index (χ3n) is 5.95. The molecule has 0 spiro atoms. The Kier molecular flexibility index (Phi) is 5.45. The maximum atomic E-state index is 5.85. The summed E-state index contributed by atoms with van der Waals surface area (Å²) < 4.78 is 2.14. The maximum Gasteiger partial charge on any atom is 0.174 e. The number of hydrogen-bond acceptors (Lipinski definition) is 3. The van der Waals surface area contributed by atoms with E-state index in [2.05, 4.69) is 86.4 Å². The topological polar surface area (TPSA) is 46.0 Å². The fraction of sp³-hybridized carbons (Fsp3) is 0.192. The second-order valence-electron chi connectivity index (χ2n) is 8.01. The van der Waals surface area contributed by atoms with Crippen LogP contribution in [-0.2, 0) is 6.42 Å². The molecule has 4 heterocycles. The molecule has 1 fully saturated rings. The lowest BCUT2D eigenvalue weighted by Crippen LogP contribution is -2.30. The summed E-state index contributed by atoms with van der Waals surface area (Å²) in [6.07, 6.45) is 6.79. The Morgan fingerprint density at radius 2 is 1.81 bits per heavy atom. The average molecular weight is 440 g/mol. The molecule has 3 aromatic heterocycles. The molecule has 1 N–H and O–H groups in total. The first-order valence-electron chi connectivity index (χ1n) is 10.9. The van der Waals surface area contributed by atoms with Crippen molar-refractivity contribution in [2.75, 3.05) is 4.90 Å². The summed E-state index contributed by atoms with van der Waals surface area (Å²) >= 11 is 5.85. The molecule has 160 valence electrons. The SMILES string of the molecule is CCc1ccc(N2C(=S)N[C@@H](c3ccccn3)[C@H]2c2cccn2-c2ccc(C)cn2)cc1. The molecule has 0 saturated carbocycles. The predicted octanol–water partition coefficient (Wildman–Crippen LogP) is 5.32. The van der Waals surface area contributed by atoms with Crippen LogP contribution in [0, 0.1) is 6.92 Å². The zero-order valence-electron chi connectivity index (χ0n) is 18.1. The van der Waals surface area contributed by atoms with E-state index in [-0.39, 0.29) is 12.1 Å². The van der Waals surface area contributed by atoms with Crippen molar-refractivity contribution < 1.29 is 0 Å². The maximum absolute atomic E-state index is 5.85. The number of nitrogens with one attached hydrogen (secondary N) is 1. The van der Waals surface area contributed by atoms with Gasteiger partial charge in [0.15, 0.2) is 5.11 Å². The van der Waals surface area contributed by atoms with Crippen molar-refractivity contribution in [3.05, 3.63) is 108 Å². The van der Waals surface area contributed by atoms with Crippen LogP contribution in [0.3, 0.4) is 0 Å². The molecule has 1 aromatic carbocycles. The molecule has 0 unspecified atom stereocenters. The Bertz CT molecular complexity index is 1220. The van der Waals surface area contributed by atoms with Gasteiger partial charge in [0.25, 0.3) is 0 Å². The molecular formula is C26H25N5S. The Morgan fingerprint density at radius 3 is 2.50 bits per heavy atom. The summed E-state index contributed by atoms with van der Waals surface area (Å²) in [4.78, 5) is 11.5. The van der Waals surface area contributed by atoms with E-state index >= 15 is 0 Å². The number of anilines is 1. The minimum absolute atomic E-state index is 0.0806. The first-order valence-corrected chi connectivity index (χ1v) is 11.3. The van der Waals surface area contributed by atoms with Gasteiger partial charge in [-0.2, -0.15) is 0 Å². The van der Waals surface area contributed by atoms with Crippen molar-refractivity contribution in [2.24, 2.45) is 0 Å². The number of hydrogen-bond donors (Lipinski definition) is 1. The van der Waals surface area contributed by atoms with Gasteiger partial charge in [-0.3, -0.25) is 4.98 Å². The van der Waals surface area contributed by atoms with E-state index in [9.17, 15) is 0 Å². The lowest BCUT2D eigenvalue weighted by molar-refractivity contribution is 0.548. The largest absolute Gasteiger partial charge is 0.351 e. The van der Waals surface area contributed by atoms with Crippen LogP contribution in [0.2, 0.25) is 0 Å². The molecule has 4 aromatic rings. The second-order valence-corrected chi connectivity index (χ2v) is 8.40. The number of nitrogens with zero attached hydrogens (tertiary/aromatic N) is 4. The second kappa shape index (κ2) is 8.55. The van der Waals surface area contributed by atoms with Crippen molar-refractivity contribution in [1.82, 2.24) is 19.9 Å². The van der Waals surface area contributed by atoms with Crippen LogP contribution < -0.4 is 10.2 Å². The summed E-state index contributed by atoms with van der Waals surface area (Å²) in [6.45, 7) is 4.21. The molecule has 0 bridgehead atoms. The van der Waals surface area contributed by atoms with Crippen LogP contribution in [0.4, 0.5) is 5.69 Å². The van der Waals surface area contributed by atoms with Crippen molar-refractivity contribution in [3.8, 4) is 5.82 Å². The molecule has 0 amide bonds. The molecular weight excluding hydrogens is 414 g/mol. The molecule has 0 aliphatic carbocycles. The van der Waals surface area contributed by atoms with Crippen molar-refractivity contribution >= 4 is 23.0 Å². The van der Waals surface area contributed by atoms with Crippen LogP contribution in [0.5, 0.6) is 0 Å². The standard InChI is InChI=1S/C26H25N5S/c1-3-19-10-12-20(13-11-19)31-25(24(29-26(31)32)21-7-4-5-15-27-21)22-8-6-16-30(22)23-14-9-18(2)17-28-23/h4-17,24-25H,3H2,1-2H3,(H,29,32)/t24-,25+/m0/s1. The minimum Gasteiger partial charge on any atom is -0.351 e. The Morgan fingerprint density at radius 1 is 0.969 bits per heavy atom. The van der Waals surface area contributed by atoms with Gasteiger partial charge >= 0.3 is 0 Å². The van der Waals surface area contributed by atoms with Gasteiger partial charge in [0, 0.05) is 30.0 Å². The smallest absolute Gasteiger partial charge is 0.174 e. The van der Waals surface area contributed by atoms with Crippen molar-refractivity contribution in [2.45, 2.75) is 32.4 Å². The van der Waals surface area contributed by atoms with Gasteiger partial charge < -0.3 is 14.8 Å². The van der Waals surface area contributed by atoms with Gasteiger partial charge in [0.1, 0.15) is 11.9 Å². The number of aromatic nitrogens is 3. The predicted molar refractivity (Wildman–Crippen MR) is 132 cm³/mol. The molecule has 2 atom stereocenters. The van der Waals surface area contributed by atoms with Crippen LogP contribution >= 0.6 is 12.2 Å². The number of benzene rings is 1. The van der Waals surface area contributed by atoms with E-state index in [4.69, 9.17) is 12.2 Å². The summed E-state index contributed by atoms with van der Waals surface area (Å²) in [7, 11) is 0. The number of pyridine rings is 2. The fourth-order valence-corrected chi connectivity index (χ4v) is 4.62. The Hall–Kier alpha value is -3.51. The monoisotopic (exact) mass is 439 g/mol. The third kappa shape index (κ3) is 3.67. The van der Waals surface area contributed by atoms with E-state index in [0.29, 0.717) is 5.11 Å². The Labute approximate surface area is 193 Å². The van der Waals surface area contributed by atoms with Gasteiger partial charge in [-0.1, -0.05) is 31.2 Å². The summed E-state index contributed by atoms with van der Waals surface area (Å²) in [5.41, 5.74) is 5.56. The molecule has 1 saturated heterocycles. The minimum atomic E-state index is -0.0892. The van der Waals surface area contributed by atoms with Gasteiger partial charge in [-0.25, -0.2) is 4.98 Å². The van der Waals surface area contributed by atoms with Gasteiger partial charge in [-0.15, -0.1) is 0 Å².